The number of nitrogens with zero attached hydrogens (tertiary/aromatic N) is 1. The Kier molecular flexibility index (Phi) is 6.68. The number of ether oxygens (including phenoxy) is 1. The highest BCUT2D eigenvalue weighted by atomic mass is 35.5. The number of benzene rings is 1. The second kappa shape index (κ2) is 8.28. The molecule has 0 aromatic heterocycles. The Morgan fingerprint density at radius 3 is 2.95 bits per heavy atom. The molecule has 0 aliphatic carbocycles. The van der Waals surface area contributed by atoms with Gasteiger partial charge in [-0.1, -0.05) is 24.6 Å². The van der Waals surface area contributed by atoms with Crippen LogP contribution in [0.3, 0.4) is 0 Å². The summed E-state index contributed by atoms with van der Waals surface area (Å²) in [4.78, 5) is 2.47. The highest BCUT2D eigenvalue weighted by Crippen LogP contribution is 2.31. The van der Waals surface area contributed by atoms with Crippen molar-refractivity contribution in [3.05, 3.63) is 28.8 Å². The highest BCUT2D eigenvalue weighted by Gasteiger charge is 2.25. The molecule has 1 aliphatic rings. The van der Waals surface area contributed by atoms with Crippen molar-refractivity contribution in [1.82, 2.24) is 5.32 Å². The molecule has 3 nitrogen and oxygen atoms in total. The molecule has 2 unspecified atom stereocenters. The summed E-state index contributed by atoms with van der Waals surface area (Å²) in [5.74, 6) is 1.18. The molecule has 0 saturated carbocycles. The minimum atomic E-state index is 0.547. The van der Waals surface area contributed by atoms with Gasteiger partial charge in [-0.25, -0.2) is 0 Å². The van der Waals surface area contributed by atoms with Crippen LogP contribution in [-0.4, -0.2) is 43.9 Å². The monoisotopic (exact) mass is 328 g/mol. The lowest BCUT2D eigenvalue weighted by molar-refractivity contribution is 0.199. The summed E-state index contributed by atoms with van der Waals surface area (Å²) in [6.07, 6.45) is 0. The summed E-state index contributed by atoms with van der Waals surface area (Å²) >= 11 is 8.49. The van der Waals surface area contributed by atoms with Crippen molar-refractivity contribution >= 4 is 29.1 Å². The first-order chi connectivity index (χ1) is 10.1. The standard InChI is InChI=1S/C16H25ClN2OS/c1-12-13(2)21-9-7-19(12)15-5-4-14(16(17)10-15)11-18-6-8-20-3/h4-5,10,12-13,18H,6-9,11H2,1-3H3. The molecule has 1 N–H and O–H groups in total. The molecule has 0 bridgehead atoms. The van der Waals surface area contributed by atoms with Crippen molar-refractivity contribution in [2.75, 3.05) is 37.5 Å². The number of methoxy groups -OCH3 is 1. The Morgan fingerprint density at radius 1 is 1.43 bits per heavy atom. The van der Waals surface area contributed by atoms with Crippen molar-refractivity contribution in [1.29, 1.82) is 0 Å². The molecular formula is C16H25ClN2OS. The van der Waals surface area contributed by atoms with E-state index in [2.05, 4.69) is 54.0 Å². The summed E-state index contributed by atoms with van der Waals surface area (Å²) in [6, 6.07) is 6.98. The molecule has 2 rings (SSSR count). The highest BCUT2D eigenvalue weighted by molar-refractivity contribution is 8.00. The SMILES string of the molecule is COCCNCc1ccc(N2CCSC(C)C2C)cc1Cl. The molecule has 1 aromatic carbocycles. The molecule has 1 fully saturated rings. The van der Waals surface area contributed by atoms with E-state index in [1.807, 2.05) is 0 Å². The van der Waals surface area contributed by atoms with Gasteiger partial charge >= 0.3 is 0 Å². The van der Waals surface area contributed by atoms with Crippen molar-refractivity contribution < 1.29 is 4.74 Å². The smallest absolute Gasteiger partial charge is 0.0587 e. The van der Waals surface area contributed by atoms with E-state index in [0.29, 0.717) is 11.3 Å². The summed E-state index contributed by atoms with van der Waals surface area (Å²) in [5, 5.41) is 4.84. The minimum absolute atomic E-state index is 0.547. The number of hydrogen-bond acceptors (Lipinski definition) is 4. The number of halogens is 1. The fourth-order valence-electron chi connectivity index (χ4n) is 2.55. The average molecular weight is 329 g/mol. The summed E-state index contributed by atoms with van der Waals surface area (Å²) < 4.78 is 5.03. The third-order valence-corrected chi connectivity index (χ3v) is 5.74. The first-order valence-corrected chi connectivity index (χ1v) is 8.92. The van der Waals surface area contributed by atoms with Crippen LogP contribution in [0.2, 0.25) is 5.02 Å². The number of thioether (sulfide) groups is 1. The zero-order chi connectivity index (χ0) is 15.2. The third kappa shape index (κ3) is 4.52. The maximum absolute atomic E-state index is 6.44. The third-order valence-electron chi connectivity index (χ3n) is 4.05. The maximum atomic E-state index is 6.44. The van der Waals surface area contributed by atoms with E-state index < -0.39 is 0 Å². The van der Waals surface area contributed by atoms with Crippen LogP contribution in [0.15, 0.2) is 18.2 Å². The molecule has 2 atom stereocenters. The van der Waals surface area contributed by atoms with Gasteiger partial charge in [-0.15, -0.1) is 0 Å². The Bertz CT molecular complexity index is 458. The second-order valence-corrected chi connectivity index (χ2v) is 7.35. The first kappa shape index (κ1) is 16.9. The molecule has 21 heavy (non-hydrogen) atoms. The lowest BCUT2D eigenvalue weighted by Crippen LogP contribution is -2.44. The van der Waals surface area contributed by atoms with Gasteiger partial charge in [0.1, 0.15) is 0 Å². The van der Waals surface area contributed by atoms with Gasteiger partial charge in [0.2, 0.25) is 0 Å². The predicted molar refractivity (Wildman–Crippen MR) is 93.8 cm³/mol. The Balaban J connectivity index is 2.01. The molecule has 118 valence electrons. The number of hydrogen-bond donors (Lipinski definition) is 1. The van der Waals surface area contributed by atoms with Gasteiger partial charge in [-0.05, 0) is 24.6 Å². The predicted octanol–water partition coefficient (Wildman–Crippen LogP) is 3.41. The molecule has 0 spiro atoms. The van der Waals surface area contributed by atoms with Crippen molar-refractivity contribution in [3.63, 3.8) is 0 Å². The number of rotatable bonds is 6. The molecule has 5 heteroatoms. The van der Waals surface area contributed by atoms with Gasteiger partial charge in [0, 0.05) is 54.5 Å². The summed E-state index contributed by atoms with van der Waals surface area (Å²) in [7, 11) is 1.71. The van der Waals surface area contributed by atoms with E-state index in [-0.39, 0.29) is 0 Å². The molecule has 0 amide bonds. The zero-order valence-electron chi connectivity index (χ0n) is 13.1. The van der Waals surface area contributed by atoms with Crippen LogP contribution < -0.4 is 10.2 Å². The van der Waals surface area contributed by atoms with E-state index in [4.69, 9.17) is 16.3 Å². The van der Waals surface area contributed by atoms with Crippen LogP contribution in [-0.2, 0) is 11.3 Å². The van der Waals surface area contributed by atoms with Crippen LogP contribution in [0.5, 0.6) is 0 Å². The van der Waals surface area contributed by atoms with Gasteiger partial charge in [-0.2, -0.15) is 11.8 Å². The van der Waals surface area contributed by atoms with Gasteiger partial charge in [0.15, 0.2) is 0 Å². The van der Waals surface area contributed by atoms with Crippen molar-refractivity contribution in [3.8, 4) is 0 Å². The summed E-state index contributed by atoms with van der Waals surface area (Å²) in [6.45, 7) is 8.04. The fourth-order valence-corrected chi connectivity index (χ4v) is 3.89. The largest absolute Gasteiger partial charge is 0.383 e. The van der Waals surface area contributed by atoms with Gasteiger partial charge < -0.3 is 15.0 Å². The lowest BCUT2D eigenvalue weighted by atomic mass is 10.1. The van der Waals surface area contributed by atoms with Crippen LogP contribution in [0.1, 0.15) is 19.4 Å². The van der Waals surface area contributed by atoms with E-state index >= 15 is 0 Å². The van der Waals surface area contributed by atoms with Crippen molar-refractivity contribution in [2.45, 2.75) is 31.7 Å². The van der Waals surface area contributed by atoms with Crippen LogP contribution in [0, 0.1) is 0 Å². The fraction of sp³-hybridized carbons (Fsp3) is 0.625. The lowest BCUT2D eigenvalue weighted by Gasteiger charge is -2.39. The van der Waals surface area contributed by atoms with Gasteiger partial charge in [-0.3, -0.25) is 0 Å². The second-order valence-electron chi connectivity index (χ2n) is 5.46. The molecule has 1 aromatic rings. The van der Waals surface area contributed by atoms with E-state index in [1.165, 1.54) is 11.4 Å². The zero-order valence-corrected chi connectivity index (χ0v) is 14.6. The van der Waals surface area contributed by atoms with Gasteiger partial charge in [0.25, 0.3) is 0 Å². The Labute approximate surface area is 137 Å². The molecule has 1 heterocycles. The quantitative estimate of drug-likeness (QED) is 0.809. The van der Waals surface area contributed by atoms with Crippen LogP contribution >= 0.6 is 23.4 Å². The van der Waals surface area contributed by atoms with Crippen LogP contribution in [0.4, 0.5) is 5.69 Å². The number of nitrogens with one attached hydrogen (secondary N) is 1. The van der Waals surface area contributed by atoms with E-state index in [1.54, 1.807) is 7.11 Å². The van der Waals surface area contributed by atoms with Crippen LogP contribution in [0.25, 0.3) is 0 Å². The normalized spacial score (nSPS) is 22.6. The average Bonchev–Trinajstić information content (AvgIpc) is 2.48. The van der Waals surface area contributed by atoms with Gasteiger partial charge in [0.05, 0.1) is 6.61 Å². The first-order valence-electron chi connectivity index (χ1n) is 7.50. The molecule has 0 radical (unpaired) electrons. The number of anilines is 1. The van der Waals surface area contributed by atoms with E-state index in [0.717, 1.165) is 36.8 Å². The van der Waals surface area contributed by atoms with E-state index in [9.17, 15) is 0 Å². The minimum Gasteiger partial charge on any atom is -0.383 e. The Hall–Kier alpha value is -0.420. The topological polar surface area (TPSA) is 24.5 Å². The molecule has 1 saturated heterocycles. The Morgan fingerprint density at radius 2 is 2.24 bits per heavy atom. The molecular weight excluding hydrogens is 304 g/mol. The van der Waals surface area contributed by atoms with Crippen molar-refractivity contribution in [2.24, 2.45) is 0 Å². The maximum Gasteiger partial charge on any atom is 0.0587 e. The molecule has 1 aliphatic heterocycles. The summed E-state index contributed by atoms with van der Waals surface area (Å²) in [5.41, 5.74) is 2.38.